The molecule has 0 saturated heterocycles. The first-order valence-electron chi connectivity index (χ1n) is 7.30. The van der Waals surface area contributed by atoms with Gasteiger partial charge >= 0.3 is 0 Å². The molecule has 0 unspecified atom stereocenters. The molecule has 1 heterocycles. The van der Waals surface area contributed by atoms with E-state index in [4.69, 9.17) is 26.8 Å². The predicted octanol–water partition coefficient (Wildman–Crippen LogP) is 2.85. The van der Waals surface area contributed by atoms with Crippen LogP contribution in [0.25, 0.3) is 10.9 Å². The number of halogens is 1. The number of rotatable bonds is 9. The van der Waals surface area contributed by atoms with E-state index in [9.17, 15) is 0 Å². The highest BCUT2D eigenvalue weighted by atomic mass is 35.5. The Balaban J connectivity index is 2.03. The maximum atomic E-state index is 6.11. The van der Waals surface area contributed by atoms with Gasteiger partial charge in [-0.2, -0.15) is 0 Å². The van der Waals surface area contributed by atoms with Crippen LogP contribution in [0.2, 0.25) is 5.02 Å². The Kier molecular flexibility index (Phi) is 6.51. The number of nitrogens with zero attached hydrogens (tertiary/aromatic N) is 1. The summed E-state index contributed by atoms with van der Waals surface area (Å²) in [6, 6.07) is 6.00. The van der Waals surface area contributed by atoms with Crippen LogP contribution in [0.3, 0.4) is 0 Å². The van der Waals surface area contributed by atoms with E-state index in [1.54, 1.807) is 7.11 Å². The Morgan fingerprint density at radius 2 is 2.10 bits per heavy atom. The lowest BCUT2D eigenvalue weighted by molar-refractivity contribution is 0.0982. The van der Waals surface area contributed by atoms with E-state index in [0.717, 1.165) is 43.1 Å². The Hall–Kier alpha value is -1.07. The first-order valence-corrected chi connectivity index (χ1v) is 7.68. The molecule has 2 rings (SSSR count). The van der Waals surface area contributed by atoms with Crippen LogP contribution in [0.1, 0.15) is 12.0 Å². The molecule has 5 heteroatoms. The number of hydrogen-bond acceptors (Lipinski definition) is 3. The van der Waals surface area contributed by atoms with Crippen molar-refractivity contribution < 1.29 is 9.47 Å². The molecular weight excluding hydrogens is 288 g/mol. The molecule has 0 aliphatic heterocycles. The number of ether oxygens (including phenoxy) is 2. The molecule has 0 spiro atoms. The van der Waals surface area contributed by atoms with Crippen LogP contribution in [-0.2, 0) is 22.4 Å². The minimum atomic E-state index is 0.648. The fraction of sp³-hybridized carbons (Fsp3) is 0.500. The van der Waals surface area contributed by atoms with Gasteiger partial charge in [-0.25, -0.2) is 0 Å². The van der Waals surface area contributed by atoms with Crippen molar-refractivity contribution >= 4 is 22.5 Å². The summed E-state index contributed by atoms with van der Waals surface area (Å²) in [4.78, 5) is 0. The highest BCUT2D eigenvalue weighted by molar-refractivity contribution is 6.31. The van der Waals surface area contributed by atoms with Crippen LogP contribution in [0, 0.1) is 0 Å². The van der Waals surface area contributed by atoms with Crippen molar-refractivity contribution in [2.45, 2.75) is 19.4 Å². The molecule has 0 fully saturated rings. The molecule has 1 aromatic carbocycles. The van der Waals surface area contributed by atoms with E-state index in [0.29, 0.717) is 13.2 Å². The molecule has 0 aliphatic rings. The third kappa shape index (κ3) is 4.45. The standard InChI is InChI=1S/C16H23ClN2O2/c1-20-8-2-9-21-10-7-19-12-13(5-6-18)15-4-3-14(17)11-16(15)19/h3-4,11-12H,2,5-10,18H2,1H3. The lowest BCUT2D eigenvalue weighted by atomic mass is 10.1. The molecule has 0 amide bonds. The second-order valence-electron chi connectivity index (χ2n) is 5.01. The van der Waals surface area contributed by atoms with E-state index in [-0.39, 0.29) is 0 Å². The highest BCUT2D eigenvalue weighted by Gasteiger charge is 2.08. The van der Waals surface area contributed by atoms with E-state index < -0.39 is 0 Å². The molecule has 116 valence electrons. The lowest BCUT2D eigenvalue weighted by Gasteiger charge is -2.07. The summed E-state index contributed by atoms with van der Waals surface area (Å²) in [5.74, 6) is 0. The molecule has 0 atom stereocenters. The second-order valence-corrected chi connectivity index (χ2v) is 5.44. The van der Waals surface area contributed by atoms with Crippen molar-refractivity contribution in [3.05, 3.63) is 35.0 Å². The van der Waals surface area contributed by atoms with Gasteiger partial charge in [-0.15, -0.1) is 0 Å². The fourth-order valence-corrected chi connectivity index (χ4v) is 2.62. The smallest absolute Gasteiger partial charge is 0.0645 e. The number of benzene rings is 1. The number of nitrogens with two attached hydrogens (primary N) is 1. The summed E-state index contributed by atoms with van der Waals surface area (Å²) in [6.45, 7) is 3.61. The molecule has 21 heavy (non-hydrogen) atoms. The predicted molar refractivity (Wildman–Crippen MR) is 87.0 cm³/mol. The minimum Gasteiger partial charge on any atom is -0.385 e. The summed E-state index contributed by atoms with van der Waals surface area (Å²) < 4.78 is 12.8. The van der Waals surface area contributed by atoms with Crippen molar-refractivity contribution in [1.82, 2.24) is 4.57 Å². The number of fused-ring (bicyclic) bond motifs is 1. The first-order chi connectivity index (χ1) is 10.3. The highest BCUT2D eigenvalue weighted by Crippen LogP contribution is 2.25. The first kappa shape index (κ1) is 16.3. The third-order valence-electron chi connectivity index (χ3n) is 3.45. The largest absolute Gasteiger partial charge is 0.385 e. The average Bonchev–Trinajstić information content (AvgIpc) is 2.81. The van der Waals surface area contributed by atoms with E-state index >= 15 is 0 Å². The van der Waals surface area contributed by atoms with Gasteiger partial charge in [0.15, 0.2) is 0 Å². The van der Waals surface area contributed by atoms with Crippen LogP contribution in [0.5, 0.6) is 0 Å². The van der Waals surface area contributed by atoms with Crippen LogP contribution in [0.4, 0.5) is 0 Å². The van der Waals surface area contributed by atoms with Crippen molar-refractivity contribution in [3.63, 3.8) is 0 Å². The maximum absolute atomic E-state index is 6.11. The topological polar surface area (TPSA) is 49.4 Å². The van der Waals surface area contributed by atoms with Crippen molar-refractivity contribution in [2.75, 3.05) is 33.5 Å². The Morgan fingerprint density at radius 3 is 2.86 bits per heavy atom. The molecule has 0 radical (unpaired) electrons. The number of hydrogen-bond donors (Lipinski definition) is 1. The number of methoxy groups -OCH3 is 1. The zero-order valence-corrected chi connectivity index (χ0v) is 13.2. The van der Waals surface area contributed by atoms with Gasteiger partial charge in [-0.3, -0.25) is 0 Å². The van der Waals surface area contributed by atoms with E-state index in [1.165, 1.54) is 10.9 Å². The molecular formula is C16H23ClN2O2. The van der Waals surface area contributed by atoms with Crippen LogP contribution in [0.15, 0.2) is 24.4 Å². The van der Waals surface area contributed by atoms with Gasteiger partial charge in [0.25, 0.3) is 0 Å². The normalized spacial score (nSPS) is 11.4. The molecule has 0 saturated carbocycles. The van der Waals surface area contributed by atoms with Gasteiger partial charge in [0.05, 0.1) is 6.61 Å². The molecule has 2 N–H and O–H groups in total. The molecule has 4 nitrogen and oxygen atoms in total. The van der Waals surface area contributed by atoms with E-state index in [2.05, 4.69) is 16.8 Å². The Morgan fingerprint density at radius 1 is 1.24 bits per heavy atom. The summed E-state index contributed by atoms with van der Waals surface area (Å²) in [6.07, 6.45) is 3.96. The zero-order chi connectivity index (χ0) is 15.1. The Labute approximate surface area is 130 Å². The van der Waals surface area contributed by atoms with Gasteiger partial charge < -0.3 is 19.8 Å². The lowest BCUT2D eigenvalue weighted by Crippen LogP contribution is -2.07. The number of aromatic nitrogens is 1. The summed E-state index contributed by atoms with van der Waals surface area (Å²) >= 11 is 6.11. The van der Waals surface area contributed by atoms with Crippen molar-refractivity contribution in [3.8, 4) is 0 Å². The quantitative estimate of drug-likeness (QED) is 0.725. The molecule has 1 aromatic heterocycles. The van der Waals surface area contributed by atoms with Crippen LogP contribution < -0.4 is 5.73 Å². The van der Waals surface area contributed by atoms with Gasteiger partial charge in [-0.1, -0.05) is 17.7 Å². The van der Waals surface area contributed by atoms with Crippen LogP contribution >= 0.6 is 11.6 Å². The summed E-state index contributed by atoms with van der Waals surface area (Å²) in [5, 5.41) is 1.98. The minimum absolute atomic E-state index is 0.648. The summed E-state index contributed by atoms with van der Waals surface area (Å²) in [5.41, 5.74) is 8.10. The molecule has 0 bridgehead atoms. The maximum Gasteiger partial charge on any atom is 0.0645 e. The Bertz CT molecular complexity index is 569. The zero-order valence-electron chi connectivity index (χ0n) is 12.5. The van der Waals surface area contributed by atoms with Crippen molar-refractivity contribution in [1.29, 1.82) is 0 Å². The van der Waals surface area contributed by atoms with Crippen LogP contribution in [-0.4, -0.2) is 38.0 Å². The van der Waals surface area contributed by atoms with Gasteiger partial charge in [0.2, 0.25) is 0 Å². The molecule has 0 aliphatic carbocycles. The monoisotopic (exact) mass is 310 g/mol. The van der Waals surface area contributed by atoms with Gasteiger partial charge in [0.1, 0.15) is 0 Å². The average molecular weight is 311 g/mol. The van der Waals surface area contributed by atoms with E-state index in [1.807, 2.05) is 12.1 Å². The second kappa shape index (κ2) is 8.39. The summed E-state index contributed by atoms with van der Waals surface area (Å²) in [7, 11) is 1.70. The fourth-order valence-electron chi connectivity index (χ4n) is 2.45. The third-order valence-corrected chi connectivity index (χ3v) is 3.69. The molecule has 2 aromatic rings. The van der Waals surface area contributed by atoms with Crippen molar-refractivity contribution in [2.24, 2.45) is 5.73 Å². The van der Waals surface area contributed by atoms with Gasteiger partial charge in [0, 0.05) is 49.0 Å². The van der Waals surface area contributed by atoms with Gasteiger partial charge in [-0.05, 0) is 37.1 Å². The SMILES string of the molecule is COCCCOCCn1cc(CCN)c2ccc(Cl)cc21.